The quantitative estimate of drug-likeness (QED) is 0.531. The van der Waals surface area contributed by atoms with Gasteiger partial charge in [0.15, 0.2) is 0 Å². The molecule has 1 aromatic rings. The highest BCUT2D eigenvalue weighted by Crippen LogP contribution is 2.08. The normalized spacial score (nSPS) is 10.7. The van der Waals surface area contributed by atoms with Crippen molar-refractivity contribution in [1.82, 2.24) is 0 Å². The molecule has 1 aromatic heterocycles. The zero-order valence-corrected chi connectivity index (χ0v) is 7.29. The molecular weight excluding hydrogens is 174 g/mol. The van der Waals surface area contributed by atoms with Crippen molar-refractivity contribution in [1.29, 1.82) is 0 Å². The monoisotopic (exact) mass is 183 g/mol. The first-order valence-corrected chi connectivity index (χ1v) is 4.54. The van der Waals surface area contributed by atoms with Crippen molar-refractivity contribution in [2.24, 2.45) is 0 Å². The van der Waals surface area contributed by atoms with Crippen molar-refractivity contribution in [3.05, 3.63) is 44.8 Å². The van der Waals surface area contributed by atoms with Crippen LogP contribution in [-0.4, -0.2) is 4.92 Å². The van der Waals surface area contributed by atoms with Gasteiger partial charge < -0.3 is 0 Å². The molecule has 0 atom stereocenters. The first kappa shape index (κ1) is 8.93. The van der Waals surface area contributed by atoms with E-state index in [1.54, 1.807) is 17.4 Å². The number of nitrogens with zero attached hydrogens (tertiary/aromatic N) is 1. The van der Waals surface area contributed by atoms with E-state index in [1.807, 2.05) is 11.4 Å². The molecule has 1 heterocycles. The van der Waals surface area contributed by atoms with Crippen LogP contribution in [0.1, 0.15) is 12.0 Å². The maximum Gasteiger partial charge on any atom is 0.230 e. The summed E-state index contributed by atoms with van der Waals surface area (Å²) in [6.45, 7) is 0. The number of aryl methyl sites for hydroxylation is 1. The van der Waals surface area contributed by atoms with Crippen LogP contribution in [0.25, 0.3) is 0 Å². The average molecular weight is 183 g/mol. The van der Waals surface area contributed by atoms with E-state index < -0.39 is 4.92 Å². The lowest BCUT2D eigenvalue weighted by Crippen LogP contribution is -1.83. The van der Waals surface area contributed by atoms with Gasteiger partial charge in [-0.1, -0.05) is 0 Å². The third kappa shape index (κ3) is 3.30. The second-order valence-corrected chi connectivity index (χ2v) is 3.12. The van der Waals surface area contributed by atoms with Crippen LogP contribution in [0.2, 0.25) is 0 Å². The fourth-order valence-corrected chi connectivity index (χ4v) is 1.55. The molecule has 0 aliphatic carbocycles. The second kappa shape index (κ2) is 4.66. The lowest BCUT2D eigenvalue weighted by molar-refractivity contribution is -0.402. The fraction of sp³-hybridized carbons (Fsp3) is 0.250. The van der Waals surface area contributed by atoms with Crippen molar-refractivity contribution >= 4 is 11.3 Å². The highest BCUT2D eigenvalue weighted by molar-refractivity contribution is 7.07. The molecule has 12 heavy (non-hydrogen) atoms. The molecule has 0 saturated carbocycles. The Morgan fingerprint density at radius 2 is 2.50 bits per heavy atom. The topological polar surface area (TPSA) is 43.1 Å². The minimum Gasteiger partial charge on any atom is -0.259 e. The predicted octanol–water partition coefficient (Wildman–Crippen LogP) is 2.47. The minimum atomic E-state index is -0.437. The van der Waals surface area contributed by atoms with Gasteiger partial charge >= 0.3 is 0 Å². The molecule has 0 bridgehead atoms. The fourth-order valence-electron chi connectivity index (χ4n) is 0.846. The van der Waals surface area contributed by atoms with Gasteiger partial charge in [-0.2, -0.15) is 11.3 Å². The molecule has 0 unspecified atom stereocenters. The molecule has 0 fully saturated rings. The summed E-state index contributed by atoms with van der Waals surface area (Å²) in [5.41, 5.74) is 1.24. The first-order valence-electron chi connectivity index (χ1n) is 3.60. The largest absolute Gasteiger partial charge is 0.259 e. The summed E-state index contributed by atoms with van der Waals surface area (Å²) in [5.74, 6) is 0. The third-order valence-corrected chi connectivity index (χ3v) is 2.14. The number of hydrogen-bond acceptors (Lipinski definition) is 3. The van der Waals surface area contributed by atoms with E-state index in [2.05, 4.69) is 5.38 Å². The molecule has 0 aromatic carbocycles. The van der Waals surface area contributed by atoms with E-state index in [0.717, 1.165) is 19.0 Å². The van der Waals surface area contributed by atoms with Gasteiger partial charge in [0.1, 0.15) is 0 Å². The molecule has 64 valence electrons. The standard InChI is InChI=1S/C8H9NO2S/c10-9(11)5-2-1-3-8-4-6-12-7-8/h2,4-7H,1,3H2/b5-2+. The number of nitro groups is 1. The molecule has 0 N–H and O–H groups in total. The number of hydrogen-bond donors (Lipinski definition) is 0. The van der Waals surface area contributed by atoms with Crippen molar-refractivity contribution in [2.75, 3.05) is 0 Å². The van der Waals surface area contributed by atoms with Crippen LogP contribution in [0.3, 0.4) is 0 Å². The van der Waals surface area contributed by atoms with Crippen LogP contribution >= 0.6 is 11.3 Å². The summed E-state index contributed by atoms with van der Waals surface area (Å²) in [6, 6.07) is 2.03. The first-order chi connectivity index (χ1) is 5.79. The van der Waals surface area contributed by atoms with Crippen molar-refractivity contribution in [2.45, 2.75) is 12.8 Å². The Kier molecular flexibility index (Phi) is 3.47. The zero-order chi connectivity index (χ0) is 8.81. The lowest BCUT2D eigenvalue weighted by atomic mass is 10.2. The SMILES string of the molecule is O=[N+]([O-])/C=C/CCc1ccsc1. The van der Waals surface area contributed by atoms with Gasteiger partial charge in [0.2, 0.25) is 6.20 Å². The average Bonchev–Trinajstić information content (AvgIpc) is 2.49. The Balaban J connectivity index is 2.23. The summed E-state index contributed by atoms with van der Waals surface area (Å²) >= 11 is 1.65. The molecular formula is C8H9NO2S. The van der Waals surface area contributed by atoms with E-state index in [9.17, 15) is 10.1 Å². The molecule has 1 rings (SSSR count). The van der Waals surface area contributed by atoms with Crippen LogP contribution in [-0.2, 0) is 6.42 Å². The molecule has 4 heteroatoms. The Labute approximate surface area is 74.5 Å². The molecule has 0 amide bonds. The summed E-state index contributed by atoms with van der Waals surface area (Å²) in [7, 11) is 0. The van der Waals surface area contributed by atoms with E-state index in [-0.39, 0.29) is 0 Å². The van der Waals surface area contributed by atoms with E-state index >= 15 is 0 Å². The third-order valence-electron chi connectivity index (χ3n) is 1.41. The van der Waals surface area contributed by atoms with Gasteiger partial charge in [-0.05, 0) is 41.3 Å². The van der Waals surface area contributed by atoms with Crippen LogP contribution in [0.15, 0.2) is 29.1 Å². The predicted molar refractivity (Wildman–Crippen MR) is 48.8 cm³/mol. The van der Waals surface area contributed by atoms with Gasteiger partial charge in [-0.25, -0.2) is 0 Å². The molecule has 0 aliphatic heterocycles. The molecule has 3 nitrogen and oxygen atoms in total. The van der Waals surface area contributed by atoms with Crippen molar-refractivity contribution < 1.29 is 4.92 Å². The minimum absolute atomic E-state index is 0.437. The van der Waals surface area contributed by atoms with Gasteiger partial charge in [0, 0.05) is 0 Å². The second-order valence-electron chi connectivity index (χ2n) is 2.34. The van der Waals surface area contributed by atoms with Crippen molar-refractivity contribution in [3.63, 3.8) is 0 Å². The van der Waals surface area contributed by atoms with Gasteiger partial charge in [0.25, 0.3) is 0 Å². The lowest BCUT2D eigenvalue weighted by Gasteiger charge is -1.88. The number of thiophene rings is 1. The molecule has 0 spiro atoms. The number of allylic oxidation sites excluding steroid dienone is 1. The van der Waals surface area contributed by atoms with Gasteiger partial charge in [-0.15, -0.1) is 0 Å². The maximum atomic E-state index is 9.88. The highest BCUT2D eigenvalue weighted by Gasteiger charge is 1.91. The van der Waals surface area contributed by atoms with E-state index in [4.69, 9.17) is 0 Å². The Bertz CT molecular complexity index is 267. The summed E-state index contributed by atoms with van der Waals surface area (Å²) in [4.78, 5) is 9.44. The summed E-state index contributed by atoms with van der Waals surface area (Å²) < 4.78 is 0. The van der Waals surface area contributed by atoms with E-state index in [1.165, 1.54) is 5.56 Å². The van der Waals surface area contributed by atoms with Gasteiger partial charge in [0.05, 0.1) is 4.92 Å². The molecule has 0 radical (unpaired) electrons. The summed E-state index contributed by atoms with van der Waals surface area (Å²) in [6.07, 6.45) is 4.19. The Hall–Kier alpha value is -1.16. The molecule has 0 aliphatic rings. The van der Waals surface area contributed by atoms with Crippen LogP contribution < -0.4 is 0 Å². The molecule has 0 saturated heterocycles. The zero-order valence-electron chi connectivity index (χ0n) is 6.47. The summed E-state index contributed by atoms with van der Waals surface area (Å²) in [5, 5.41) is 13.9. The Morgan fingerprint density at radius 1 is 1.67 bits per heavy atom. The highest BCUT2D eigenvalue weighted by atomic mass is 32.1. The van der Waals surface area contributed by atoms with Crippen molar-refractivity contribution in [3.8, 4) is 0 Å². The van der Waals surface area contributed by atoms with Crippen LogP contribution in [0.4, 0.5) is 0 Å². The van der Waals surface area contributed by atoms with E-state index in [0.29, 0.717) is 0 Å². The maximum absolute atomic E-state index is 9.88. The van der Waals surface area contributed by atoms with Gasteiger partial charge in [-0.3, -0.25) is 10.1 Å². The smallest absolute Gasteiger partial charge is 0.230 e. The Morgan fingerprint density at radius 3 is 3.08 bits per heavy atom. The number of rotatable bonds is 4. The van der Waals surface area contributed by atoms with Crippen LogP contribution in [0.5, 0.6) is 0 Å². The van der Waals surface area contributed by atoms with Crippen LogP contribution in [0, 0.1) is 10.1 Å².